The Hall–Kier alpha value is -0.790. The molecule has 0 unspecified atom stereocenters. The molecule has 1 rings (SSSR count). The highest BCUT2D eigenvalue weighted by molar-refractivity contribution is 5.18. The Kier molecular flexibility index (Phi) is 2.90. The van der Waals surface area contributed by atoms with Gasteiger partial charge in [-0.3, -0.25) is 0 Å². The molecular formula is C10H17NO. The van der Waals surface area contributed by atoms with Crippen molar-refractivity contribution in [1.29, 1.82) is 0 Å². The van der Waals surface area contributed by atoms with Crippen molar-refractivity contribution >= 4 is 0 Å². The van der Waals surface area contributed by atoms with Crippen molar-refractivity contribution in [3.63, 3.8) is 0 Å². The molecule has 0 aromatic carbocycles. The third-order valence-electron chi connectivity index (χ3n) is 1.90. The summed E-state index contributed by atoms with van der Waals surface area (Å²) in [6.45, 7) is 8.71. The first kappa shape index (κ1) is 9.30. The van der Waals surface area contributed by atoms with Crippen LogP contribution in [0.4, 0.5) is 0 Å². The van der Waals surface area contributed by atoms with Gasteiger partial charge in [0.15, 0.2) is 0 Å². The van der Waals surface area contributed by atoms with Crippen molar-refractivity contribution in [3.05, 3.63) is 17.5 Å². The number of hydrogen-bond acceptors (Lipinski definition) is 2. The largest absolute Gasteiger partial charge is 0.364 e. The van der Waals surface area contributed by atoms with E-state index in [4.69, 9.17) is 4.52 Å². The van der Waals surface area contributed by atoms with Crippen LogP contribution in [-0.4, -0.2) is 5.16 Å². The van der Waals surface area contributed by atoms with Crippen molar-refractivity contribution in [3.8, 4) is 0 Å². The molecule has 0 saturated carbocycles. The van der Waals surface area contributed by atoms with E-state index in [1.165, 1.54) is 5.56 Å². The minimum Gasteiger partial charge on any atom is -0.364 e. The predicted octanol–water partition coefficient (Wildman–Crippen LogP) is 3.00. The van der Waals surface area contributed by atoms with Crippen LogP contribution >= 0.6 is 0 Å². The van der Waals surface area contributed by atoms with Gasteiger partial charge >= 0.3 is 0 Å². The van der Waals surface area contributed by atoms with E-state index in [9.17, 15) is 0 Å². The van der Waals surface area contributed by atoms with Crippen LogP contribution in [0.1, 0.15) is 44.9 Å². The summed E-state index contributed by atoms with van der Waals surface area (Å²) < 4.78 is 4.96. The van der Waals surface area contributed by atoms with Crippen LogP contribution in [0.15, 0.2) is 10.8 Å². The number of rotatable bonds is 3. The second kappa shape index (κ2) is 3.74. The zero-order chi connectivity index (χ0) is 9.14. The number of nitrogens with zero attached hydrogens (tertiary/aromatic N) is 1. The van der Waals surface area contributed by atoms with Gasteiger partial charge in [0, 0.05) is 5.56 Å². The summed E-state index contributed by atoms with van der Waals surface area (Å²) in [5.74, 6) is 1.16. The van der Waals surface area contributed by atoms with Crippen LogP contribution in [-0.2, 0) is 6.42 Å². The van der Waals surface area contributed by atoms with E-state index in [0.29, 0.717) is 11.8 Å². The summed E-state index contributed by atoms with van der Waals surface area (Å²) in [5.41, 5.74) is 2.38. The summed E-state index contributed by atoms with van der Waals surface area (Å²) in [6, 6.07) is 0. The molecule has 12 heavy (non-hydrogen) atoms. The Balaban J connectivity index is 2.77. The molecule has 0 radical (unpaired) electrons. The maximum absolute atomic E-state index is 4.96. The monoisotopic (exact) mass is 167 g/mol. The molecule has 0 fully saturated rings. The van der Waals surface area contributed by atoms with Gasteiger partial charge in [-0.05, 0) is 18.3 Å². The lowest BCUT2D eigenvalue weighted by Gasteiger charge is -2.05. The van der Waals surface area contributed by atoms with Gasteiger partial charge in [-0.15, -0.1) is 0 Å². The smallest absolute Gasteiger partial charge is 0.127 e. The molecule has 1 heterocycles. The van der Waals surface area contributed by atoms with Crippen LogP contribution in [0.3, 0.4) is 0 Å². The Bertz CT molecular complexity index is 238. The summed E-state index contributed by atoms with van der Waals surface area (Å²) >= 11 is 0. The highest BCUT2D eigenvalue weighted by Crippen LogP contribution is 2.20. The minimum absolute atomic E-state index is 0.519. The SMILES string of the molecule is CC(C)Cc1nocc1C(C)C. The first-order chi connectivity index (χ1) is 5.61. The van der Waals surface area contributed by atoms with Crippen LogP contribution in [0.25, 0.3) is 0 Å². The quantitative estimate of drug-likeness (QED) is 0.691. The molecular weight excluding hydrogens is 150 g/mol. The average molecular weight is 167 g/mol. The third kappa shape index (κ3) is 2.10. The van der Waals surface area contributed by atoms with Gasteiger partial charge in [0.25, 0.3) is 0 Å². The lowest BCUT2D eigenvalue weighted by Crippen LogP contribution is -1.99. The molecule has 0 N–H and O–H groups in total. The predicted molar refractivity (Wildman–Crippen MR) is 49.1 cm³/mol. The van der Waals surface area contributed by atoms with Gasteiger partial charge in [0.1, 0.15) is 6.26 Å². The zero-order valence-corrected chi connectivity index (χ0v) is 8.29. The Morgan fingerprint density at radius 2 is 2.00 bits per heavy atom. The number of aromatic nitrogens is 1. The van der Waals surface area contributed by atoms with E-state index < -0.39 is 0 Å². The van der Waals surface area contributed by atoms with Gasteiger partial charge in [0.05, 0.1) is 5.69 Å². The maximum atomic E-state index is 4.96. The van der Waals surface area contributed by atoms with E-state index in [0.717, 1.165) is 12.1 Å². The summed E-state index contributed by atoms with van der Waals surface area (Å²) in [6.07, 6.45) is 2.78. The van der Waals surface area contributed by atoms with Crippen molar-refractivity contribution < 1.29 is 4.52 Å². The Morgan fingerprint density at radius 1 is 1.33 bits per heavy atom. The molecule has 68 valence electrons. The van der Waals surface area contributed by atoms with Crippen LogP contribution in [0.5, 0.6) is 0 Å². The lowest BCUT2D eigenvalue weighted by atomic mass is 9.99. The lowest BCUT2D eigenvalue weighted by molar-refractivity contribution is 0.406. The average Bonchev–Trinajstić information content (AvgIpc) is 2.33. The molecule has 0 saturated heterocycles. The summed E-state index contributed by atoms with van der Waals surface area (Å²) in [7, 11) is 0. The Morgan fingerprint density at radius 3 is 2.50 bits per heavy atom. The standard InChI is InChI=1S/C10H17NO/c1-7(2)5-10-9(8(3)4)6-12-11-10/h6-8H,5H2,1-4H3. The van der Waals surface area contributed by atoms with Gasteiger partial charge in [-0.1, -0.05) is 32.9 Å². The molecule has 0 amide bonds. The molecule has 0 atom stereocenters. The third-order valence-corrected chi connectivity index (χ3v) is 1.90. The van der Waals surface area contributed by atoms with Crippen LogP contribution in [0, 0.1) is 5.92 Å². The molecule has 0 bridgehead atoms. The van der Waals surface area contributed by atoms with Crippen LogP contribution in [0.2, 0.25) is 0 Å². The molecule has 0 aliphatic heterocycles. The topological polar surface area (TPSA) is 26.0 Å². The van der Waals surface area contributed by atoms with E-state index in [-0.39, 0.29) is 0 Å². The molecule has 0 spiro atoms. The van der Waals surface area contributed by atoms with Crippen LogP contribution < -0.4 is 0 Å². The highest BCUT2D eigenvalue weighted by atomic mass is 16.5. The van der Waals surface area contributed by atoms with E-state index >= 15 is 0 Å². The van der Waals surface area contributed by atoms with Crippen molar-refractivity contribution in [2.45, 2.75) is 40.0 Å². The molecule has 1 aromatic rings. The van der Waals surface area contributed by atoms with E-state index in [1.807, 2.05) is 0 Å². The van der Waals surface area contributed by atoms with Crippen molar-refractivity contribution in [1.82, 2.24) is 5.16 Å². The fourth-order valence-corrected chi connectivity index (χ4v) is 1.28. The van der Waals surface area contributed by atoms with Gasteiger partial charge in [-0.2, -0.15) is 0 Å². The molecule has 1 aromatic heterocycles. The Labute approximate surface area is 74.0 Å². The van der Waals surface area contributed by atoms with Gasteiger partial charge in [-0.25, -0.2) is 0 Å². The summed E-state index contributed by atoms with van der Waals surface area (Å²) in [5, 5.41) is 4.00. The van der Waals surface area contributed by atoms with E-state index in [1.54, 1.807) is 6.26 Å². The molecule has 0 aliphatic rings. The second-order valence-corrected chi connectivity index (χ2v) is 3.97. The fourth-order valence-electron chi connectivity index (χ4n) is 1.28. The van der Waals surface area contributed by atoms with Crippen molar-refractivity contribution in [2.75, 3.05) is 0 Å². The normalized spacial score (nSPS) is 11.5. The second-order valence-electron chi connectivity index (χ2n) is 3.97. The fraction of sp³-hybridized carbons (Fsp3) is 0.700. The molecule has 0 aliphatic carbocycles. The molecule has 2 nitrogen and oxygen atoms in total. The first-order valence-electron chi connectivity index (χ1n) is 4.54. The minimum atomic E-state index is 0.519. The maximum Gasteiger partial charge on any atom is 0.127 e. The van der Waals surface area contributed by atoms with Crippen molar-refractivity contribution in [2.24, 2.45) is 5.92 Å². The summed E-state index contributed by atoms with van der Waals surface area (Å²) in [4.78, 5) is 0. The van der Waals surface area contributed by atoms with Gasteiger partial charge in [0.2, 0.25) is 0 Å². The highest BCUT2D eigenvalue weighted by Gasteiger charge is 2.11. The van der Waals surface area contributed by atoms with E-state index in [2.05, 4.69) is 32.9 Å². The zero-order valence-electron chi connectivity index (χ0n) is 8.29. The molecule has 2 heteroatoms. The van der Waals surface area contributed by atoms with Gasteiger partial charge < -0.3 is 4.52 Å². The first-order valence-corrected chi connectivity index (χ1v) is 4.54. The number of hydrogen-bond donors (Lipinski definition) is 0.